The third-order valence-electron chi connectivity index (χ3n) is 2.77. The predicted molar refractivity (Wildman–Crippen MR) is 61.7 cm³/mol. The Kier molecular flexibility index (Phi) is 3.40. The highest BCUT2D eigenvalue weighted by Gasteiger charge is 2.12. The van der Waals surface area contributed by atoms with E-state index in [9.17, 15) is 0 Å². The van der Waals surface area contributed by atoms with Crippen molar-refractivity contribution in [3.8, 4) is 6.07 Å². The molecule has 0 radical (unpaired) electrons. The standard InChI is InChI=1S/C12H15N3O/c13-8-10-1-2-12(14)11(7-10)9-15-3-5-16-6-4-15/h1-2,7H,3-6,9,14H2. The smallest absolute Gasteiger partial charge is 0.0991 e. The molecule has 0 aliphatic carbocycles. The van der Waals surface area contributed by atoms with Gasteiger partial charge in [-0.1, -0.05) is 0 Å². The lowest BCUT2D eigenvalue weighted by atomic mass is 10.1. The predicted octanol–water partition coefficient (Wildman–Crippen LogP) is 0.973. The summed E-state index contributed by atoms with van der Waals surface area (Å²) in [5.74, 6) is 0. The molecule has 1 fully saturated rings. The van der Waals surface area contributed by atoms with Gasteiger partial charge in [-0.3, -0.25) is 4.90 Å². The van der Waals surface area contributed by atoms with Gasteiger partial charge in [0.15, 0.2) is 0 Å². The fourth-order valence-corrected chi connectivity index (χ4v) is 1.81. The van der Waals surface area contributed by atoms with E-state index in [1.54, 1.807) is 12.1 Å². The average Bonchev–Trinajstić information content (AvgIpc) is 2.33. The number of nitrogen functional groups attached to an aromatic ring is 1. The van der Waals surface area contributed by atoms with Crippen LogP contribution in [0.4, 0.5) is 5.69 Å². The van der Waals surface area contributed by atoms with Crippen LogP contribution in [-0.4, -0.2) is 31.2 Å². The molecule has 1 saturated heterocycles. The van der Waals surface area contributed by atoms with Gasteiger partial charge in [-0.05, 0) is 23.8 Å². The number of hydrogen-bond acceptors (Lipinski definition) is 4. The number of morpholine rings is 1. The zero-order valence-electron chi connectivity index (χ0n) is 9.15. The normalized spacial score (nSPS) is 16.9. The van der Waals surface area contributed by atoms with E-state index in [0.717, 1.165) is 44.1 Å². The second-order valence-corrected chi connectivity index (χ2v) is 3.91. The van der Waals surface area contributed by atoms with Gasteiger partial charge in [-0.2, -0.15) is 5.26 Å². The van der Waals surface area contributed by atoms with Gasteiger partial charge in [-0.25, -0.2) is 0 Å². The molecule has 1 aromatic carbocycles. The molecule has 0 amide bonds. The Hall–Kier alpha value is -1.57. The van der Waals surface area contributed by atoms with E-state index in [1.165, 1.54) is 0 Å². The molecule has 0 spiro atoms. The van der Waals surface area contributed by atoms with Gasteiger partial charge in [-0.15, -0.1) is 0 Å². The molecule has 1 heterocycles. The van der Waals surface area contributed by atoms with Gasteiger partial charge in [0, 0.05) is 25.3 Å². The summed E-state index contributed by atoms with van der Waals surface area (Å²) >= 11 is 0. The van der Waals surface area contributed by atoms with Gasteiger partial charge in [0.05, 0.1) is 24.8 Å². The minimum absolute atomic E-state index is 0.664. The average molecular weight is 217 g/mol. The first-order valence-corrected chi connectivity index (χ1v) is 5.38. The Balaban J connectivity index is 2.10. The minimum Gasteiger partial charge on any atom is -0.398 e. The minimum atomic E-state index is 0.664. The molecule has 2 rings (SSSR count). The Morgan fingerprint density at radius 3 is 2.81 bits per heavy atom. The van der Waals surface area contributed by atoms with Crippen LogP contribution in [-0.2, 0) is 11.3 Å². The SMILES string of the molecule is N#Cc1ccc(N)c(CN2CCOCC2)c1. The topological polar surface area (TPSA) is 62.3 Å². The summed E-state index contributed by atoms with van der Waals surface area (Å²) in [6, 6.07) is 7.55. The number of nitriles is 1. The Labute approximate surface area is 95.2 Å². The number of benzene rings is 1. The lowest BCUT2D eigenvalue weighted by Gasteiger charge is -2.27. The number of ether oxygens (including phenoxy) is 1. The highest BCUT2D eigenvalue weighted by molar-refractivity contribution is 5.51. The zero-order chi connectivity index (χ0) is 11.4. The van der Waals surface area contributed by atoms with Crippen molar-refractivity contribution in [3.05, 3.63) is 29.3 Å². The number of anilines is 1. The third-order valence-corrected chi connectivity index (χ3v) is 2.77. The second-order valence-electron chi connectivity index (χ2n) is 3.91. The first-order valence-electron chi connectivity index (χ1n) is 5.38. The van der Waals surface area contributed by atoms with Crippen LogP contribution in [0.2, 0.25) is 0 Å². The third kappa shape index (κ3) is 2.51. The monoisotopic (exact) mass is 217 g/mol. The van der Waals surface area contributed by atoms with Crippen LogP contribution >= 0.6 is 0 Å². The molecule has 1 aromatic rings. The summed E-state index contributed by atoms with van der Waals surface area (Å²) in [6.45, 7) is 4.20. The Morgan fingerprint density at radius 2 is 2.12 bits per heavy atom. The summed E-state index contributed by atoms with van der Waals surface area (Å²) in [5, 5.41) is 8.83. The van der Waals surface area contributed by atoms with Crippen LogP contribution in [0.5, 0.6) is 0 Å². The molecule has 2 N–H and O–H groups in total. The van der Waals surface area contributed by atoms with Gasteiger partial charge in [0.2, 0.25) is 0 Å². The maximum absolute atomic E-state index is 8.83. The Bertz CT molecular complexity index is 405. The lowest BCUT2D eigenvalue weighted by Crippen LogP contribution is -2.35. The quantitative estimate of drug-likeness (QED) is 0.750. The highest BCUT2D eigenvalue weighted by atomic mass is 16.5. The molecule has 0 atom stereocenters. The number of rotatable bonds is 2. The molecule has 0 aromatic heterocycles. The van der Waals surface area contributed by atoms with Crippen molar-refractivity contribution in [2.45, 2.75) is 6.54 Å². The van der Waals surface area contributed by atoms with Crippen molar-refractivity contribution in [2.75, 3.05) is 32.0 Å². The maximum Gasteiger partial charge on any atom is 0.0991 e. The molecule has 1 aliphatic heterocycles. The molecule has 16 heavy (non-hydrogen) atoms. The van der Waals surface area contributed by atoms with Crippen molar-refractivity contribution in [1.82, 2.24) is 4.90 Å². The summed E-state index contributed by atoms with van der Waals surface area (Å²) in [4.78, 5) is 2.29. The van der Waals surface area contributed by atoms with Crippen molar-refractivity contribution in [2.24, 2.45) is 0 Å². The summed E-state index contributed by atoms with van der Waals surface area (Å²) in [7, 11) is 0. The van der Waals surface area contributed by atoms with Crippen molar-refractivity contribution >= 4 is 5.69 Å². The molecular formula is C12H15N3O. The molecule has 4 nitrogen and oxygen atoms in total. The van der Waals surface area contributed by atoms with Gasteiger partial charge in [0.25, 0.3) is 0 Å². The molecule has 1 aliphatic rings. The zero-order valence-corrected chi connectivity index (χ0v) is 9.15. The number of nitrogens with zero attached hydrogens (tertiary/aromatic N) is 2. The Morgan fingerprint density at radius 1 is 1.38 bits per heavy atom. The van der Waals surface area contributed by atoms with Crippen LogP contribution in [0.3, 0.4) is 0 Å². The van der Waals surface area contributed by atoms with Crippen molar-refractivity contribution in [1.29, 1.82) is 5.26 Å². The molecular weight excluding hydrogens is 202 g/mol. The molecule has 0 saturated carbocycles. The largest absolute Gasteiger partial charge is 0.398 e. The van der Waals surface area contributed by atoms with Gasteiger partial charge < -0.3 is 10.5 Å². The van der Waals surface area contributed by atoms with E-state index in [1.807, 2.05) is 6.07 Å². The molecule has 84 valence electrons. The first kappa shape index (κ1) is 10.9. The second kappa shape index (κ2) is 4.97. The van der Waals surface area contributed by atoms with Crippen LogP contribution in [0.25, 0.3) is 0 Å². The lowest BCUT2D eigenvalue weighted by molar-refractivity contribution is 0.0343. The summed E-state index contributed by atoms with van der Waals surface area (Å²) in [5.41, 5.74) is 8.34. The highest BCUT2D eigenvalue weighted by Crippen LogP contribution is 2.16. The van der Waals surface area contributed by atoms with Crippen LogP contribution in [0.15, 0.2) is 18.2 Å². The molecule has 0 unspecified atom stereocenters. The van der Waals surface area contributed by atoms with Gasteiger partial charge in [0.1, 0.15) is 0 Å². The van der Waals surface area contributed by atoms with Crippen molar-refractivity contribution < 1.29 is 4.74 Å². The van der Waals surface area contributed by atoms with Crippen LogP contribution in [0.1, 0.15) is 11.1 Å². The van der Waals surface area contributed by atoms with E-state index in [0.29, 0.717) is 5.56 Å². The summed E-state index contributed by atoms with van der Waals surface area (Å²) in [6.07, 6.45) is 0. The van der Waals surface area contributed by atoms with E-state index in [-0.39, 0.29) is 0 Å². The van der Waals surface area contributed by atoms with E-state index >= 15 is 0 Å². The maximum atomic E-state index is 8.83. The number of hydrogen-bond donors (Lipinski definition) is 1. The molecule has 0 bridgehead atoms. The van der Waals surface area contributed by atoms with E-state index in [4.69, 9.17) is 15.7 Å². The fraction of sp³-hybridized carbons (Fsp3) is 0.417. The van der Waals surface area contributed by atoms with Crippen LogP contribution < -0.4 is 5.73 Å². The van der Waals surface area contributed by atoms with Crippen LogP contribution in [0, 0.1) is 11.3 Å². The van der Waals surface area contributed by atoms with Gasteiger partial charge >= 0.3 is 0 Å². The molecule has 4 heteroatoms. The van der Waals surface area contributed by atoms with E-state index in [2.05, 4.69) is 11.0 Å². The van der Waals surface area contributed by atoms with Crippen molar-refractivity contribution in [3.63, 3.8) is 0 Å². The van der Waals surface area contributed by atoms with E-state index < -0.39 is 0 Å². The number of nitrogens with two attached hydrogens (primary N) is 1. The summed E-state index contributed by atoms with van der Waals surface area (Å²) < 4.78 is 5.29. The fourth-order valence-electron chi connectivity index (χ4n) is 1.81. The first-order chi connectivity index (χ1) is 7.79.